The summed E-state index contributed by atoms with van der Waals surface area (Å²) in [4.78, 5) is 4.27. The Morgan fingerprint density at radius 3 is 2.31 bits per heavy atom. The van der Waals surface area contributed by atoms with Crippen molar-refractivity contribution in [2.75, 3.05) is 0 Å². The van der Waals surface area contributed by atoms with Gasteiger partial charge in [-0.25, -0.2) is 0 Å². The van der Waals surface area contributed by atoms with Gasteiger partial charge in [0.2, 0.25) is 0 Å². The van der Waals surface area contributed by atoms with Gasteiger partial charge in [-0.2, -0.15) is 0 Å². The molecule has 0 aromatic heterocycles. The Kier molecular flexibility index (Phi) is 7.36. The minimum absolute atomic E-state index is 0.427. The van der Waals surface area contributed by atoms with Crippen molar-refractivity contribution in [3.63, 3.8) is 0 Å². The van der Waals surface area contributed by atoms with E-state index < -0.39 is 0 Å². The third kappa shape index (κ3) is 7.67. The summed E-state index contributed by atoms with van der Waals surface area (Å²) in [6.45, 7) is 13.6. The van der Waals surface area contributed by atoms with Gasteiger partial charge in [0.05, 0.1) is 0 Å². The molecule has 94 valence electrons. The third-order valence-electron chi connectivity index (χ3n) is 3.05. The van der Waals surface area contributed by atoms with E-state index in [-0.39, 0.29) is 0 Å². The Morgan fingerprint density at radius 1 is 1.19 bits per heavy atom. The molecule has 0 rings (SSSR count). The Labute approximate surface area is 102 Å². The van der Waals surface area contributed by atoms with Crippen molar-refractivity contribution >= 4 is 6.21 Å². The van der Waals surface area contributed by atoms with Crippen LogP contribution in [-0.4, -0.2) is 6.21 Å². The van der Waals surface area contributed by atoms with E-state index in [9.17, 15) is 0 Å². The zero-order valence-corrected chi connectivity index (χ0v) is 12.0. The molecular formula is C15H29N. The normalized spacial score (nSPS) is 17.1. The van der Waals surface area contributed by atoms with Crippen molar-refractivity contribution in [2.45, 2.75) is 60.8 Å². The zero-order chi connectivity index (χ0) is 12.6. The van der Waals surface area contributed by atoms with Crippen molar-refractivity contribution in [3.05, 3.63) is 12.3 Å². The summed E-state index contributed by atoms with van der Waals surface area (Å²) in [5.74, 6) is 1.39. The predicted octanol–water partition coefficient (Wildman–Crippen LogP) is 5.08. The molecule has 1 nitrogen and oxygen atoms in total. The molecule has 16 heavy (non-hydrogen) atoms. The Bertz CT molecular complexity index is 226. The monoisotopic (exact) mass is 223 g/mol. The zero-order valence-electron chi connectivity index (χ0n) is 12.0. The van der Waals surface area contributed by atoms with Crippen LogP contribution >= 0.6 is 0 Å². The highest BCUT2D eigenvalue weighted by molar-refractivity contribution is 5.60. The molecule has 0 amide bonds. The van der Waals surface area contributed by atoms with Crippen LogP contribution in [0.5, 0.6) is 0 Å². The minimum Gasteiger partial charge on any atom is -0.269 e. The maximum atomic E-state index is 4.27. The smallest absolute Gasteiger partial charge is 0.0221 e. The first-order chi connectivity index (χ1) is 7.41. The van der Waals surface area contributed by atoms with Crippen molar-refractivity contribution in [1.82, 2.24) is 0 Å². The maximum Gasteiger partial charge on any atom is 0.0221 e. The van der Waals surface area contributed by atoms with E-state index in [0.717, 1.165) is 5.92 Å². The lowest BCUT2D eigenvalue weighted by Crippen LogP contribution is -2.19. The van der Waals surface area contributed by atoms with Crippen molar-refractivity contribution in [1.29, 1.82) is 0 Å². The van der Waals surface area contributed by atoms with E-state index >= 15 is 0 Å². The van der Waals surface area contributed by atoms with E-state index in [2.05, 4.69) is 45.8 Å². The first-order valence-electron chi connectivity index (χ1n) is 6.55. The first kappa shape index (κ1) is 15.4. The summed E-state index contributed by atoms with van der Waals surface area (Å²) < 4.78 is 0. The van der Waals surface area contributed by atoms with Gasteiger partial charge in [0.1, 0.15) is 0 Å². The summed E-state index contributed by atoms with van der Waals surface area (Å²) in [7, 11) is 0. The molecule has 0 aromatic carbocycles. The van der Waals surface area contributed by atoms with Crippen LogP contribution in [0.1, 0.15) is 60.8 Å². The molecule has 0 aromatic rings. The maximum absolute atomic E-state index is 4.27. The highest BCUT2D eigenvalue weighted by Gasteiger charge is 2.22. The van der Waals surface area contributed by atoms with Gasteiger partial charge in [-0.15, -0.1) is 0 Å². The summed E-state index contributed by atoms with van der Waals surface area (Å²) in [6, 6.07) is 0. The molecule has 0 aliphatic carbocycles. The Balaban J connectivity index is 4.13. The molecule has 2 atom stereocenters. The summed E-state index contributed by atoms with van der Waals surface area (Å²) in [5, 5.41) is 0. The van der Waals surface area contributed by atoms with Gasteiger partial charge in [0.25, 0.3) is 0 Å². The van der Waals surface area contributed by atoms with Crippen LogP contribution in [0.2, 0.25) is 0 Å². The van der Waals surface area contributed by atoms with Crippen LogP contribution in [0, 0.1) is 17.3 Å². The summed E-state index contributed by atoms with van der Waals surface area (Å²) in [6.07, 6.45) is 9.71. The molecule has 0 fully saturated rings. The van der Waals surface area contributed by atoms with Gasteiger partial charge >= 0.3 is 0 Å². The molecule has 0 aliphatic heterocycles. The molecule has 0 radical (unpaired) electrons. The van der Waals surface area contributed by atoms with Crippen LogP contribution in [0.25, 0.3) is 0 Å². The van der Waals surface area contributed by atoms with Crippen LogP contribution in [-0.2, 0) is 0 Å². The largest absolute Gasteiger partial charge is 0.269 e. The molecule has 0 saturated carbocycles. The van der Waals surface area contributed by atoms with Gasteiger partial charge in [0, 0.05) is 12.4 Å². The Hall–Kier alpha value is -0.590. The highest BCUT2D eigenvalue weighted by atomic mass is 14.7. The minimum atomic E-state index is 0.427. The molecule has 0 spiro atoms. The average Bonchev–Trinajstić information content (AvgIpc) is 2.16. The van der Waals surface area contributed by atoms with Crippen molar-refractivity contribution in [2.24, 2.45) is 22.2 Å². The molecule has 2 unspecified atom stereocenters. The number of hydrogen-bond acceptors (Lipinski definition) is 1. The molecule has 0 saturated heterocycles. The molecule has 0 bridgehead atoms. The Morgan fingerprint density at radius 2 is 1.81 bits per heavy atom. The first-order valence-corrected chi connectivity index (χ1v) is 6.55. The number of rotatable bonds is 7. The molecule has 0 N–H and O–H groups in total. The van der Waals surface area contributed by atoms with E-state index in [1.165, 1.54) is 19.3 Å². The van der Waals surface area contributed by atoms with Crippen LogP contribution in [0.3, 0.4) is 0 Å². The second kappa shape index (κ2) is 7.65. The number of hydrogen-bond donors (Lipinski definition) is 0. The van der Waals surface area contributed by atoms with Crippen LogP contribution < -0.4 is 0 Å². The topological polar surface area (TPSA) is 12.4 Å². The lowest BCUT2D eigenvalue weighted by Gasteiger charge is -2.29. The van der Waals surface area contributed by atoms with Gasteiger partial charge in [-0.3, -0.25) is 4.99 Å². The third-order valence-corrected chi connectivity index (χ3v) is 3.05. The fourth-order valence-corrected chi connectivity index (χ4v) is 2.38. The fourth-order valence-electron chi connectivity index (χ4n) is 2.38. The van der Waals surface area contributed by atoms with Gasteiger partial charge in [-0.1, -0.05) is 47.1 Å². The van der Waals surface area contributed by atoms with Crippen LogP contribution in [0.4, 0.5) is 0 Å². The number of allylic oxidation sites excluding steroid dienone is 1. The molecular weight excluding hydrogens is 194 g/mol. The SMILES string of the molecule is C/C=C\N=CC(C)CC(C)(C)CC(C)CC. The van der Waals surface area contributed by atoms with E-state index in [0.29, 0.717) is 11.3 Å². The average molecular weight is 223 g/mol. The second-order valence-corrected chi connectivity index (χ2v) is 5.84. The van der Waals surface area contributed by atoms with Crippen molar-refractivity contribution < 1.29 is 0 Å². The molecule has 0 aliphatic rings. The molecule has 0 heterocycles. The number of aliphatic imine (C=N–C) groups is 1. The van der Waals surface area contributed by atoms with Gasteiger partial charge in [0.15, 0.2) is 0 Å². The number of nitrogens with zero attached hydrogens (tertiary/aromatic N) is 1. The van der Waals surface area contributed by atoms with E-state index in [4.69, 9.17) is 0 Å². The van der Waals surface area contributed by atoms with Crippen molar-refractivity contribution in [3.8, 4) is 0 Å². The molecule has 1 heteroatoms. The van der Waals surface area contributed by atoms with Gasteiger partial charge < -0.3 is 0 Å². The fraction of sp³-hybridized carbons (Fsp3) is 0.800. The summed E-state index contributed by atoms with van der Waals surface area (Å²) >= 11 is 0. The standard InChI is InChI=1S/C15H29N/c1-7-9-16-12-14(4)11-15(5,6)10-13(3)8-2/h7,9,12-14H,8,10-11H2,1-6H3/b9-7-,16-12?. The van der Waals surface area contributed by atoms with E-state index in [1.54, 1.807) is 0 Å². The second-order valence-electron chi connectivity index (χ2n) is 5.84. The lowest BCUT2D eigenvalue weighted by molar-refractivity contribution is 0.238. The van der Waals surface area contributed by atoms with Crippen LogP contribution in [0.15, 0.2) is 17.3 Å². The summed E-state index contributed by atoms with van der Waals surface area (Å²) in [5.41, 5.74) is 0.427. The van der Waals surface area contributed by atoms with E-state index in [1.807, 2.05) is 19.2 Å². The van der Waals surface area contributed by atoms with Gasteiger partial charge in [-0.05, 0) is 37.0 Å². The highest BCUT2D eigenvalue weighted by Crippen LogP contribution is 2.33. The lowest BCUT2D eigenvalue weighted by atomic mass is 9.76. The predicted molar refractivity (Wildman–Crippen MR) is 74.9 cm³/mol. The quantitative estimate of drug-likeness (QED) is 0.534.